The van der Waals surface area contributed by atoms with Crippen LogP contribution in [0.15, 0.2) is 24.3 Å². The van der Waals surface area contributed by atoms with Gasteiger partial charge in [0.15, 0.2) is 0 Å². The van der Waals surface area contributed by atoms with Crippen LogP contribution in [0.25, 0.3) is 0 Å². The lowest BCUT2D eigenvalue weighted by atomic mass is 9.84. The second-order valence-electron chi connectivity index (χ2n) is 7.18. The van der Waals surface area contributed by atoms with E-state index in [9.17, 15) is 14.3 Å². The number of carbonyl (C=O) groups is 1. The van der Waals surface area contributed by atoms with E-state index < -0.39 is 5.60 Å². The normalized spacial score (nSPS) is 27.0. The SMILES string of the molecule is C[C@H]1OCCC[C@H]1C(=O)N1CCC(O)(Cc2cccc(F)c2)CC1. The molecule has 2 aliphatic heterocycles. The molecule has 1 aromatic rings. The third-order valence-corrected chi connectivity index (χ3v) is 5.35. The Kier molecular flexibility index (Phi) is 5.21. The Morgan fingerprint density at radius 2 is 2.17 bits per heavy atom. The predicted molar refractivity (Wildman–Crippen MR) is 89.0 cm³/mol. The van der Waals surface area contributed by atoms with Crippen LogP contribution < -0.4 is 0 Å². The van der Waals surface area contributed by atoms with Crippen LogP contribution in [-0.4, -0.2) is 47.3 Å². The summed E-state index contributed by atoms with van der Waals surface area (Å²) in [6, 6.07) is 6.37. The van der Waals surface area contributed by atoms with E-state index in [1.165, 1.54) is 12.1 Å². The van der Waals surface area contributed by atoms with Crippen LogP contribution in [0.5, 0.6) is 0 Å². The zero-order valence-electron chi connectivity index (χ0n) is 14.2. The number of likely N-dealkylation sites (tertiary alicyclic amines) is 1. The molecule has 4 nitrogen and oxygen atoms in total. The Labute approximate surface area is 142 Å². The lowest BCUT2D eigenvalue weighted by molar-refractivity contribution is -0.148. The standard InChI is InChI=1S/C19H26FNO3/c1-14-17(6-3-11-24-14)18(22)21-9-7-19(23,8-10-21)13-15-4-2-5-16(20)12-15/h2,4-5,12,14,17,23H,3,6-11,13H2,1H3/t14-,17-/m1/s1. The van der Waals surface area contributed by atoms with Crippen molar-refractivity contribution in [1.82, 2.24) is 4.90 Å². The van der Waals surface area contributed by atoms with Crippen LogP contribution in [0.1, 0.15) is 38.2 Å². The number of benzene rings is 1. The fraction of sp³-hybridized carbons (Fsp3) is 0.632. The first-order valence-electron chi connectivity index (χ1n) is 8.84. The highest BCUT2D eigenvalue weighted by molar-refractivity contribution is 5.79. The van der Waals surface area contributed by atoms with Crippen molar-refractivity contribution in [3.63, 3.8) is 0 Å². The molecular formula is C19H26FNO3. The highest BCUT2D eigenvalue weighted by Crippen LogP contribution is 2.29. The molecule has 2 fully saturated rings. The van der Waals surface area contributed by atoms with E-state index in [0.29, 0.717) is 32.4 Å². The Balaban J connectivity index is 1.57. The molecule has 2 atom stereocenters. The first-order valence-corrected chi connectivity index (χ1v) is 8.84. The second kappa shape index (κ2) is 7.19. The highest BCUT2D eigenvalue weighted by atomic mass is 19.1. The monoisotopic (exact) mass is 335 g/mol. The number of amides is 1. The maximum absolute atomic E-state index is 13.3. The summed E-state index contributed by atoms with van der Waals surface area (Å²) in [6.45, 7) is 3.80. The summed E-state index contributed by atoms with van der Waals surface area (Å²) in [6.07, 6.45) is 3.26. The van der Waals surface area contributed by atoms with Crippen LogP contribution in [0.3, 0.4) is 0 Å². The molecule has 0 bridgehead atoms. The van der Waals surface area contributed by atoms with Crippen molar-refractivity contribution in [3.05, 3.63) is 35.6 Å². The van der Waals surface area contributed by atoms with Gasteiger partial charge in [0.25, 0.3) is 0 Å². The average Bonchev–Trinajstić information content (AvgIpc) is 2.55. The summed E-state index contributed by atoms with van der Waals surface area (Å²) in [5.41, 5.74) is -0.0641. The molecule has 0 saturated carbocycles. The minimum atomic E-state index is -0.862. The van der Waals surface area contributed by atoms with Gasteiger partial charge >= 0.3 is 0 Å². The zero-order chi connectivity index (χ0) is 17.2. The second-order valence-corrected chi connectivity index (χ2v) is 7.18. The summed E-state index contributed by atoms with van der Waals surface area (Å²) < 4.78 is 18.9. The average molecular weight is 335 g/mol. The molecular weight excluding hydrogens is 309 g/mol. The van der Waals surface area contributed by atoms with E-state index in [1.54, 1.807) is 6.07 Å². The number of aliphatic hydroxyl groups is 1. The van der Waals surface area contributed by atoms with Crippen LogP contribution in [0.2, 0.25) is 0 Å². The van der Waals surface area contributed by atoms with Crippen molar-refractivity contribution in [2.75, 3.05) is 19.7 Å². The lowest BCUT2D eigenvalue weighted by Gasteiger charge is -2.41. The Bertz CT molecular complexity index is 584. The summed E-state index contributed by atoms with van der Waals surface area (Å²) in [4.78, 5) is 14.5. The molecule has 2 saturated heterocycles. The molecule has 1 N–H and O–H groups in total. The molecule has 2 aliphatic rings. The summed E-state index contributed by atoms with van der Waals surface area (Å²) in [5, 5.41) is 10.8. The van der Waals surface area contributed by atoms with Gasteiger partial charge < -0.3 is 14.7 Å². The molecule has 1 amide bonds. The molecule has 2 heterocycles. The minimum Gasteiger partial charge on any atom is -0.389 e. The number of ether oxygens (including phenoxy) is 1. The van der Waals surface area contributed by atoms with Crippen molar-refractivity contribution in [1.29, 1.82) is 0 Å². The van der Waals surface area contributed by atoms with E-state index in [2.05, 4.69) is 0 Å². The number of rotatable bonds is 3. The van der Waals surface area contributed by atoms with Gasteiger partial charge in [0.1, 0.15) is 5.82 Å². The number of nitrogens with zero attached hydrogens (tertiary/aromatic N) is 1. The van der Waals surface area contributed by atoms with Crippen LogP contribution in [0, 0.1) is 11.7 Å². The fourth-order valence-corrected chi connectivity index (χ4v) is 3.83. The Hall–Kier alpha value is -1.46. The molecule has 132 valence electrons. The van der Waals surface area contributed by atoms with E-state index >= 15 is 0 Å². The quantitative estimate of drug-likeness (QED) is 0.923. The van der Waals surface area contributed by atoms with Crippen molar-refractivity contribution in [2.45, 2.75) is 50.7 Å². The molecule has 0 aromatic heterocycles. The molecule has 1 aromatic carbocycles. The highest BCUT2D eigenvalue weighted by Gasteiger charge is 2.38. The van der Waals surface area contributed by atoms with E-state index in [0.717, 1.165) is 25.0 Å². The van der Waals surface area contributed by atoms with E-state index in [1.807, 2.05) is 17.9 Å². The third-order valence-electron chi connectivity index (χ3n) is 5.35. The van der Waals surface area contributed by atoms with Gasteiger partial charge in [0, 0.05) is 26.1 Å². The number of hydrogen-bond acceptors (Lipinski definition) is 3. The van der Waals surface area contributed by atoms with E-state index in [-0.39, 0.29) is 23.7 Å². The molecule has 0 aliphatic carbocycles. The van der Waals surface area contributed by atoms with Gasteiger partial charge in [0.2, 0.25) is 5.91 Å². The maximum atomic E-state index is 13.3. The summed E-state index contributed by atoms with van der Waals surface area (Å²) in [7, 11) is 0. The van der Waals surface area contributed by atoms with Gasteiger partial charge in [-0.2, -0.15) is 0 Å². The smallest absolute Gasteiger partial charge is 0.228 e. The van der Waals surface area contributed by atoms with Crippen molar-refractivity contribution < 1.29 is 19.0 Å². The molecule has 24 heavy (non-hydrogen) atoms. The fourth-order valence-electron chi connectivity index (χ4n) is 3.83. The molecule has 0 spiro atoms. The van der Waals surface area contributed by atoms with Crippen molar-refractivity contribution in [2.24, 2.45) is 5.92 Å². The van der Waals surface area contributed by atoms with Gasteiger partial charge in [-0.3, -0.25) is 4.79 Å². The predicted octanol–water partition coefficient (Wildman–Crippen LogP) is 2.54. The third kappa shape index (κ3) is 3.95. The topological polar surface area (TPSA) is 49.8 Å². The molecule has 3 rings (SSSR count). The first-order chi connectivity index (χ1) is 11.5. The molecule has 0 radical (unpaired) electrons. The minimum absolute atomic E-state index is 0.0284. The summed E-state index contributed by atoms with van der Waals surface area (Å²) in [5.74, 6) is -0.196. The number of carbonyl (C=O) groups excluding carboxylic acids is 1. The van der Waals surface area contributed by atoms with Crippen molar-refractivity contribution in [3.8, 4) is 0 Å². The van der Waals surface area contributed by atoms with Gasteiger partial charge in [-0.1, -0.05) is 12.1 Å². The van der Waals surface area contributed by atoms with Gasteiger partial charge in [-0.05, 0) is 50.3 Å². The summed E-state index contributed by atoms with van der Waals surface area (Å²) >= 11 is 0. The van der Waals surface area contributed by atoms with Crippen molar-refractivity contribution >= 4 is 5.91 Å². The van der Waals surface area contributed by atoms with Crippen LogP contribution >= 0.6 is 0 Å². The van der Waals surface area contributed by atoms with Gasteiger partial charge in [-0.15, -0.1) is 0 Å². The Morgan fingerprint density at radius 1 is 1.42 bits per heavy atom. The lowest BCUT2D eigenvalue weighted by Crippen LogP contribution is -2.51. The van der Waals surface area contributed by atoms with E-state index in [4.69, 9.17) is 4.74 Å². The number of hydrogen-bond donors (Lipinski definition) is 1. The number of piperidine rings is 1. The largest absolute Gasteiger partial charge is 0.389 e. The van der Waals surface area contributed by atoms with Gasteiger partial charge in [-0.25, -0.2) is 4.39 Å². The van der Waals surface area contributed by atoms with Crippen LogP contribution in [-0.2, 0) is 16.0 Å². The molecule has 0 unspecified atom stereocenters. The van der Waals surface area contributed by atoms with Crippen LogP contribution in [0.4, 0.5) is 4.39 Å². The first kappa shape index (κ1) is 17.4. The zero-order valence-corrected chi connectivity index (χ0v) is 14.2. The molecule has 5 heteroatoms. The van der Waals surface area contributed by atoms with Gasteiger partial charge in [0.05, 0.1) is 17.6 Å². The maximum Gasteiger partial charge on any atom is 0.228 e. The Morgan fingerprint density at radius 3 is 2.83 bits per heavy atom. The number of halogens is 1.